The topological polar surface area (TPSA) is 116 Å². The number of benzene rings is 2. The molecule has 10 nitrogen and oxygen atoms in total. The van der Waals surface area contributed by atoms with Crippen molar-refractivity contribution in [2.24, 2.45) is 16.2 Å². The van der Waals surface area contributed by atoms with Crippen LogP contribution in [0, 0.1) is 18.8 Å². The van der Waals surface area contributed by atoms with Crippen LogP contribution in [0.3, 0.4) is 0 Å². The van der Waals surface area contributed by atoms with Crippen LogP contribution in [-0.2, 0) is 37.6 Å². The van der Waals surface area contributed by atoms with E-state index >= 15 is 0 Å². The van der Waals surface area contributed by atoms with Gasteiger partial charge in [-0.2, -0.15) is 9.46 Å². The molecule has 0 unspecified atom stereocenters. The molecule has 2 aliphatic heterocycles. The van der Waals surface area contributed by atoms with Gasteiger partial charge in [0.05, 0.1) is 33.9 Å². The average Bonchev–Trinajstić information content (AvgIpc) is 3.55. The molecule has 2 aromatic carbocycles. The van der Waals surface area contributed by atoms with Crippen molar-refractivity contribution in [3.63, 3.8) is 0 Å². The SMILES string of the molecule is CO[C@H]1/C=C/CCC[S@@](=O)(CC(=O)CCn2cncn2)=NC(=O)c2ccc3c(c2)N(C[C@@H]2CC[C@H]21)C[C@@]1(CCCc2cc(C)ccc21)CO3. The predicted octanol–water partition coefficient (Wildman–Crippen LogP) is 5.72. The van der Waals surface area contributed by atoms with Crippen LogP contribution in [0.15, 0.2) is 65.6 Å². The van der Waals surface area contributed by atoms with E-state index in [2.05, 4.69) is 56.6 Å². The number of ketones is 1. The van der Waals surface area contributed by atoms with Crippen LogP contribution in [-0.4, -0.2) is 75.1 Å². The predicted molar refractivity (Wildman–Crippen MR) is 190 cm³/mol. The van der Waals surface area contributed by atoms with E-state index in [0.29, 0.717) is 43.4 Å². The molecule has 5 atom stereocenters. The normalized spacial score (nSPS) is 29.1. The maximum atomic E-state index is 14.3. The van der Waals surface area contributed by atoms with Gasteiger partial charge in [0.2, 0.25) is 0 Å². The van der Waals surface area contributed by atoms with Crippen LogP contribution in [0.25, 0.3) is 0 Å². The van der Waals surface area contributed by atoms with Gasteiger partial charge in [0.25, 0.3) is 5.91 Å². The van der Waals surface area contributed by atoms with E-state index in [-0.39, 0.29) is 35.2 Å². The first-order valence-corrected chi connectivity index (χ1v) is 19.5. The highest BCUT2D eigenvalue weighted by atomic mass is 32.2. The van der Waals surface area contributed by atoms with Crippen molar-refractivity contribution in [3.8, 4) is 5.75 Å². The summed E-state index contributed by atoms with van der Waals surface area (Å²) in [5.41, 5.74) is 5.09. The number of amides is 1. The fraction of sp³-hybridized carbons (Fsp3) is 0.526. The Bertz CT molecular complexity index is 1850. The summed E-state index contributed by atoms with van der Waals surface area (Å²) in [6.45, 7) is 4.65. The lowest BCUT2D eigenvalue weighted by atomic mass is 9.68. The minimum Gasteiger partial charge on any atom is -0.490 e. The van der Waals surface area contributed by atoms with Gasteiger partial charge in [-0.3, -0.25) is 14.3 Å². The third-order valence-electron chi connectivity index (χ3n) is 11.0. The van der Waals surface area contributed by atoms with Gasteiger partial charge in [0, 0.05) is 49.9 Å². The lowest BCUT2D eigenvalue weighted by Gasteiger charge is -2.46. The fourth-order valence-electron chi connectivity index (χ4n) is 8.26. The van der Waals surface area contributed by atoms with Crippen molar-refractivity contribution in [2.75, 3.05) is 43.2 Å². The standard InChI is InChI=1S/C38H47N5O5S/c1-27-9-13-33-28(19-27)7-6-16-38(33)23-42-21-30-10-12-32(30)35(47-2)8-4-3-5-18-49(46,22-31(44)15-17-43-26-39-25-40-43)41-37(45)29-11-14-36(48-24-38)34(42)20-29/h4,8-9,11,13-14,19-20,25-26,30,32,35H,3,5-7,10,12,15-18,21-24H2,1-2H3/b8-4+/t30-,32+,35-,38-,49+/m0/s1. The molecule has 3 aromatic rings. The van der Waals surface area contributed by atoms with Gasteiger partial charge in [-0.25, -0.2) is 9.19 Å². The van der Waals surface area contributed by atoms with Crippen LogP contribution < -0.4 is 9.64 Å². The number of aryl methyl sites for hydroxylation is 3. The van der Waals surface area contributed by atoms with Crippen molar-refractivity contribution in [2.45, 2.75) is 76.4 Å². The van der Waals surface area contributed by atoms with Crippen molar-refractivity contribution >= 4 is 27.1 Å². The van der Waals surface area contributed by atoms with Crippen LogP contribution in [0.5, 0.6) is 5.75 Å². The third-order valence-corrected chi connectivity index (χ3v) is 13.2. The Hall–Kier alpha value is -3.83. The molecule has 2 aliphatic carbocycles. The first-order chi connectivity index (χ1) is 23.7. The maximum Gasteiger partial charge on any atom is 0.285 e. The molecule has 7 rings (SSSR count). The first-order valence-electron chi connectivity index (χ1n) is 17.7. The van der Waals surface area contributed by atoms with Crippen molar-refractivity contribution < 1.29 is 23.3 Å². The van der Waals surface area contributed by atoms with E-state index in [4.69, 9.17) is 9.47 Å². The molecule has 0 radical (unpaired) electrons. The van der Waals surface area contributed by atoms with Crippen LogP contribution in [0.2, 0.25) is 0 Å². The Morgan fingerprint density at radius 3 is 2.86 bits per heavy atom. The van der Waals surface area contributed by atoms with Crippen LogP contribution in [0.1, 0.15) is 72.0 Å². The fourth-order valence-corrected chi connectivity index (χ4v) is 10.2. The number of ether oxygens (including phenoxy) is 2. The second kappa shape index (κ2) is 14.2. The molecule has 4 aliphatic rings. The molecule has 1 saturated carbocycles. The number of methoxy groups -OCH3 is 1. The van der Waals surface area contributed by atoms with Gasteiger partial charge in [0.15, 0.2) is 0 Å². The van der Waals surface area contributed by atoms with E-state index in [1.54, 1.807) is 24.2 Å². The molecule has 0 N–H and O–H groups in total. The molecule has 1 spiro atoms. The molecule has 0 saturated heterocycles. The Labute approximate surface area is 289 Å². The van der Waals surface area contributed by atoms with Gasteiger partial charge in [-0.1, -0.05) is 35.9 Å². The number of carbonyl (C=O) groups is 2. The third kappa shape index (κ3) is 7.24. The highest BCUT2D eigenvalue weighted by molar-refractivity contribution is 7.94. The number of hydrogen-bond acceptors (Lipinski definition) is 8. The largest absolute Gasteiger partial charge is 0.490 e. The van der Waals surface area contributed by atoms with E-state index in [9.17, 15) is 13.8 Å². The van der Waals surface area contributed by atoms with E-state index in [0.717, 1.165) is 56.6 Å². The van der Waals surface area contributed by atoms with Crippen molar-refractivity contribution in [1.29, 1.82) is 0 Å². The summed E-state index contributed by atoms with van der Waals surface area (Å²) < 4.78 is 32.9. The molecule has 260 valence electrons. The molecule has 1 amide bonds. The van der Waals surface area contributed by atoms with Gasteiger partial charge >= 0.3 is 0 Å². The molecular formula is C38H47N5O5S. The number of aromatic nitrogens is 3. The summed E-state index contributed by atoms with van der Waals surface area (Å²) in [6, 6.07) is 12.3. The van der Waals surface area contributed by atoms with Crippen molar-refractivity contribution in [1.82, 2.24) is 14.8 Å². The summed E-state index contributed by atoms with van der Waals surface area (Å²) in [6.07, 6.45) is 13.9. The zero-order chi connectivity index (χ0) is 34.0. The monoisotopic (exact) mass is 685 g/mol. The number of fused-ring (bicyclic) bond motifs is 4. The van der Waals surface area contributed by atoms with E-state index < -0.39 is 15.6 Å². The summed E-state index contributed by atoms with van der Waals surface area (Å²) in [4.78, 5) is 33.3. The Kier molecular flexibility index (Phi) is 9.75. The molecule has 2 bridgehead atoms. The van der Waals surface area contributed by atoms with Crippen LogP contribution in [0.4, 0.5) is 5.69 Å². The smallest absolute Gasteiger partial charge is 0.285 e. The number of anilines is 1. The molecule has 11 heteroatoms. The average molecular weight is 686 g/mol. The summed E-state index contributed by atoms with van der Waals surface area (Å²) in [5, 5.41) is 4.05. The van der Waals surface area contributed by atoms with Gasteiger partial charge in [-0.05, 0) is 93.0 Å². The quantitative estimate of drug-likeness (QED) is 0.303. The Balaban J connectivity index is 1.25. The van der Waals surface area contributed by atoms with Gasteiger partial charge in [-0.15, -0.1) is 0 Å². The molecule has 1 aromatic heterocycles. The summed E-state index contributed by atoms with van der Waals surface area (Å²) in [5.74, 6) is 0.664. The Morgan fingerprint density at radius 1 is 1.16 bits per heavy atom. The molecule has 49 heavy (non-hydrogen) atoms. The van der Waals surface area contributed by atoms with Crippen molar-refractivity contribution in [3.05, 3.63) is 83.5 Å². The van der Waals surface area contributed by atoms with Crippen LogP contribution >= 0.6 is 0 Å². The molecule has 1 fully saturated rings. The summed E-state index contributed by atoms with van der Waals surface area (Å²) >= 11 is 0. The lowest BCUT2D eigenvalue weighted by Crippen LogP contribution is -2.49. The molecule has 3 heterocycles. The lowest BCUT2D eigenvalue weighted by molar-refractivity contribution is -0.116. The minimum absolute atomic E-state index is 0.0120. The van der Waals surface area contributed by atoms with E-state index in [1.807, 2.05) is 12.1 Å². The van der Waals surface area contributed by atoms with E-state index in [1.165, 1.54) is 23.0 Å². The number of allylic oxidation sites excluding steroid dienone is 1. The second-order valence-electron chi connectivity index (χ2n) is 14.4. The maximum absolute atomic E-state index is 14.3. The number of nitrogens with zero attached hydrogens (tertiary/aromatic N) is 5. The number of Topliss-reactive ketones (excluding diaryl/α,β-unsaturated/α-hetero) is 1. The van der Waals surface area contributed by atoms with Gasteiger partial charge in [0.1, 0.15) is 24.2 Å². The van der Waals surface area contributed by atoms with Gasteiger partial charge < -0.3 is 14.4 Å². The number of rotatable bonds is 6. The summed E-state index contributed by atoms with van der Waals surface area (Å²) in [7, 11) is -1.38. The highest BCUT2D eigenvalue weighted by Gasteiger charge is 2.44. The zero-order valence-electron chi connectivity index (χ0n) is 28.6. The number of carbonyl (C=O) groups excluding carboxylic acids is 2. The first kappa shape index (κ1) is 33.7. The second-order valence-corrected chi connectivity index (χ2v) is 16.8. The highest BCUT2D eigenvalue weighted by Crippen LogP contribution is 2.46. The zero-order valence-corrected chi connectivity index (χ0v) is 29.4. The Morgan fingerprint density at radius 2 is 2.06 bits per heavy atom. The molecular weight excluding hydrogens is 639 g/mol. The minimum atomic E-state index is -3.16. The number of hydrogen-bond donors (Lipinski definition) is 0.